The quantitative estimate of drug-likeness (QED) is 0.326. The zero-order valence-corrected chi connectivity index (χ0v) is 15.3. The number of aliphatic carboxylic acids is 1. The minimum atomic E-state index is -1.12. The van der Waals surface area contributed by atoms with Gasteiger partial charge in [0.1, 0.15) is 12.1 Å². The highest BCUT2D eigenvalue weighted by atomic mass is 16.4. The number of carbonyl (C=O) groups excluding carboxylic acids is 3. The second-order valence-electron chi connectivity index (χ2n) is 6.76. The van der Waals surface area contributed by atoms with Crippen LogP contribution in [0.5, 0.6) is 0 Å². The van der Waals surface area contributed by atoms with Crippen molar-refractivity contribution >= 4 is 23.7 Å². The van der Waals surface area contributed by atoms with Crippen molar-refractivity contribution < 1.29 is 24.3 Å². The van der Waals surface area contributed by atoms with E-state index in [0.717, 1.165) is 0 Å². The van der Waals surface area contributed by atoms with Gasteiger partial charge >= 0.3 is 5.97 Å². The highest BCUT2D eigenvalue weighted by Crippen LogP contribution is 2.06. The number of hydrogen-bond donors (Lipinski definition) is 5. The van der Waals surface area contributed by atoms with E-state index in [1.807, 2.05) is 27.7 Å². The average Bonchev–Trinajstić information content (AvgIpc) is 2.50. The zero-order chi connectivity index (χ0) is 19.6. The van der Waals surface area contributed by atoms with Gasteiger partial charge in [0.2, 0.25) is 17.7 Å². The van der Waals surface area contributed by atoms with Crippen molar-refractivity contribution in [3.63, 3.8) is 0 Å². The topological polar surface area (TPSA) is 151 Å². The summed E-state index contributed by atoms with van der Waals surface area (Å²) in [5.74, 6) is -2.46. The van der Waals surface area contributed by atoms with Crippen LogP contribution in [-0.2, 0) is 19.2 Å². The molecular weight excluding hydrogens is 328 g/mol. The van der Waals surface area contributed by atoms with Crippen LogP contribution in [0.3, 0.4) is 0 Å². The highest BCUT2D eigenvalue weighted by molar-refractivity contribution is 5.91. The molecule has 9 heteroatoms. The smallest absolute Gasteiger partial charge is 0.326 e. The lowest BCUT2D eigenvalue weighted by molar-refractivity contribution is -0.142. The van der Waals surface area contributed by atoms with Gasteiger partial charge in [0.05, 0.1) is 13.1 Å². The van der Waals surface area contributed by atoms with Gasteiger partial charge in [0, 0.05) is 0 Å². The summed E-state index contributed by atoms with van der Waals surface area (Å²) >= 11 is 0. The van der Waals surface area contributed by atoms with E-state index in [1.165, 1.54) is 0 Å². The van der Waals surface area contributed by atoms with Crippen molar-refractivity contribution in [2.75, 3.05) is 13.1 Å². The number of hydrogen-bond acceptors (Lipinski definition) is 5. The van der Waals surface area contributed by atoms with E-state index in [2.05, 4.69) is 16.0 Å². The Hall–Kier alpha value is -2.16. The molecule has 2 unspecified atom stereocenters. The van der Waals surface area contributed by atoms with Crippen LogP contribution in [0.2, 0.25) is 0 Å². The monoisotopic (exact) mass is 358 g/mol. The van der Waals surface area contributed by atoms with Crippen LogP contribution in [-0.4, -0.2) is 54.0 Å². The molecule has 0 rings (SSSR count). The van der Waals surface area contributed by atoms with Gasteiger partial charge in [0.15, 0.2) is 0 Å². The number of carboxylic acids is 1. The van der Waals surface area contributed by atoms with Crippen LogP contribution in [0.4, 0.5) is 0 Å². The molecule has 9 nitrogen and oxygen atoms in total. The molecule has 0 spiro atoms. The van der Waals surface area contributed by atoms with Crippen LogP contribution in [0.25, 0.3) is 0 Å². The van der Waals surface area contributed by atoms with Crippen molar-refractivity contribution in [1.82, 2.24) is 16.0 Å². The van der Waals surface area contributed by atoms with Crippen molar-refractivity contribution in [3.8, 4) is 0 Å². The predicted octanol–water partition coefficient (Wildman–Crippen LogP) is -0.792. The van der Waals surface area contributed by atoms with E-state index in [4.69, 9.17) is 10.8 Å². The van der Waals surface area contributed by atoms with Crippen molar-refractivity contribution in [3.05, 3.63) is 0 Å². The van der Waals surface area contributed by atoms with Gasteiger partial charge in [0.25, 0.3) is 0 Å². The van der Waals surface area contributed by atoms with Crippen LogP contribution in [0.1, 0.15) is 40.5 Å². The first-order valence-corrected chi connectivity index (χ1v) is 8.36. The van der Waals surface area contributed by atoms with E-state index in [0.29, 0.717) is 6.42 Å². The standard InChI is InChI=1S/C16H30N4O5/c1-9(2)5-11(19-13(21)7-17)15(23)18-8-14(22)20-12(16(24)25)6-10(3)4/h9-12H,5-8,17H2,1-4H3,(H,18,23)(H,19,21)(H,20,22)(H,24,25). The van der Waals surface area contributed by atoms with Gasteiger partial charge in [-0.05, 0) is 24.7 Å². The molecule has 25 heavy (non-hydrogen) atoms. The first kappa shape index (κ1) is 22.8. The second kappa shape index (κ2) is 11.4. The lowest BCUT2D eigenvalue weighted by Gasteiger charge is -2.20. The van der Waals surface area contributed by atoms with E-state index in [-0.39, 0.29) is 31.3 Å². The third-order valence-electron chi connectivity index (χ3n) is 3.31. The van der Waals surface area contributed by atoms with E-state index in [1.54, 1.807) is 0 Å². The summed E-state index contributed by atoms with van der Waals surface area (Å²) in [6, 6.07) is -1.80. The Labute approximate surface area is 148 Å². The second-order valence-corrected chi connectivity index (χ2v) is 6.76. The summed E-state index contributed by atoms with van der Waals surface area (Å²) in [6.07, 6.45) is 0.682. The van der Waals surface area contributed by atoms with E-state index >= 15 is 0 Å². The molecule has 0 heterocycles. The summed E-state index contributed by atoms with van der Waals surface area (Å²) < 4.78 is 0. The molecule has 0 aromatic heterocycles. The molecule has 144 valence electrons. The third-order valence-corrected chi connectivity index (χ3v) is 3.31. The van der Waals surface area contributed by atoms with Crippen LogP contribution >= 0.6 is 0 Å². The SMILES string of the molecule is CC(C)CC(NC(=O)CNC(=O)C(CC(C)C)NC(=O)CN)C(=O)O. The molecule has 0 saturated carbocycles. The Morgan fingerprint density at radius 3 is 1.80 bits per heavy atom. The molecule has 0 radical (unpaired) electrons. The summed E-state index contributed by atoms with van der Waals surface area (Å²) in [7, 11) is 0. The van der Waals surface area contributed by atoms with Crippen LogP contribution in [0.15, 0.2) is 0 Å². The fraction of sp³-hybridized carbons (Fsp3) is 0.750. The predicted molar refractivity (Wildman–Crippen MR) is 92.5 cm³/mol. The molecular formula is C16H30N4O5. The first-order chi connectivity index (χ1) is 11.6. The summed E-state index contributed by atoms with van der Waals surface area (Å²) in [5.41, 5.74) is 5.23. The summed E-state index contributed by atoms with van der Waals surface area (Å²) in [6.45, 7) is 6.88. The number of nitrogens with two attached hydrogens (primary N) is 1. The molecule has 6 N–H and O–H groups in total. The highest BCUT2D eigenvalue weighted by Gasteiger charge is 2.24. The average molecular weight is 358 g/mol. The fourth-order valence-corrected chi connectivity index (χ4v) is 2.19. The maximum Gasteiger partial charge on any atom is 0.326 e. The van der Waals surface area contributed by atoms with Gasteiger partial charge in [-0.1, -0.05) is 27.7 Å². The Morgan fingerprint density at radius 2 is 1.36 bits per heavy atom. The Balaban J connectivity index is 4.62. The normalized spacial score (nSPS) is 13.2. The minimum absolute atomic E-state index is 0.0953. The summed E-state index contributed by atoms with van der Waals surface area (Å²) in [5, 5.41) is 16.4. The van der Waals surface area contributed by atoms with E-state index < -0.39 is 35.8 Å². The Morgan fingerprint density at radius 1 is 0.880 bits per heavy atom. The maximum absolute atomic E-state index is 12.2. The minimum Gasteiger partial charge on any atom is -0.480 e. The Kier molecular flexibility index (Phi) is 10.4. The van der Waals surface area contributed by atoms with Gasteiger partial charge in [-0.25, -0.2) is 4.79 Å². The Bertz CT molecular complexity index is 479. The molecule has 0 aromatic rings. The van der Waals surface area contributed by atoms with Gasteiger partial charge < -0.3 is 26.8 Å². The molecule has 0 aliphatic rings. The third kappa shape index (κ3) is 10.3. The van der Waals surface area contributed by atoms with Crippen molar-refractivity contribution in [2.45, 2.75) is 52.6 Å². The van der Waals surface area contributed by atoms with Crippen LogP contribution in [0, 0.1) is 11.8 Å². The fourth-order valence-electron chi connectivity index (χ4n) is 2.19. The number of carboxylic acid groups (broad SMARTS) is 1. The lowest BCUT2D eigenvalue weighted by atomic mass is 10.0. The number of amides is 3. The maximum atomic E-state index is 12.2. The molecule has 0 aliphatic heterocycles. The largest absolute Gasteiger partial charge is 0.480 e. The number of carbonyl (C=O) groups is 4. The molecule has 0 bridgehead atoms. The molecule has 0 aliphatic carbocycles. The molecule has 3 amide bonds. The van der Waals surface area contributed by atoms with Crippen molar-refractivity contribution in [1.29, 1.82) is 0 Å². The molecule has 0 fully saturated rings. The van der Waals surface area contributed by atoms with Gasteiger partial charge in [-0.3, -0.25) is 14.4 Å². The van der Waals surface area contributed by atoms with Gasteiger partial charge in [-0.15, -0.1) is 0 Å². The van der Waals surface area contributed by atoms with Crippen molar-refractivity contribution in [2.24, 2.45) is 17.6 Å². The van der Waals surface area contributed by atoms with Gasteiger partial charge in [-0.2, -0.15) is 0 Å². The molecule has 0 saturated heterocycles. The van der Waals surface area contributed by atoms with Crippen LogP contribution < -0.4 is 21.7 Å². The zero-order valence-electron chi connectivity index (χ0n) is 15.3. The number of nitrogens with one attached hydrogen (secondary N) is 3. The lowest BCUT2D eigenvalue weighted by Crippen LogP contribution is -2.52. The first-order valence-electron chi connectivity index (χ1n) is 8.36. The van der Waals surface area contributed by atoms with E-state index in [9.17, 15) is 19.2 Å². The number of rotatable bonds is 11. The summed E-state index contributed by atoms with van der Waals surface area (Å²) in [4.78, 5) is 46.6. The molecule has 2 atom stereocenters. The molecule has 0 aromatic carbocycles.